The molecule has 7 heteroatoms. The molecule has 0 aliphatic heterocycles. The van der Waals surface area contributed by atoms with Gasteiger partial charge in [0.05, 0.1) is 6.54 Å². The fourth-order valence-corrected chi connectivity index (χ4v) is 2.06. The lowest BCUT2D eigenvalue weighted by molar-refractivity contribution is -0.0566. The van der Waals surface area contributed by atoms with E-state index in [1.807, 2.05) is 0 Å². The van der Waals surface area contributed by atoms with Crippen LogP contribution in [0.3, 0.4) is 0 Å². The van der Waals surface area contributed by atoms with Crippen molar-refractivity contribution in [2.75, 3.05) is 6.61 Å². The van der Waals surface area contributed by atoms with Crippen LogP contribution in [0.2, 0.25) is 0 Å². The second kappa shape index (κ2) is 5.64. The number of benzene rings is 1. The molecule has 0 aliphatic rings. The number of rotatable bonds is 5. The zero-order valence-electron chi connectivity index (χ0n) is 10.9. The Bertz CT molecular complexity index is 577. The second-order valence-electron chi connectivity index (χ2n) is 4.73. The molecule has 108 valence electrons. The van der Waals surface area contributed by atoms with Gasteiger partial charge in [-0.3, -0.25) is 0 Å². The summed E-state index contributed by atoms with van der Waals surface area (Å²) in [5.74, 6) is -2.27. The summed E-state index contributed by atoms with van der Waals surface area (Å²) in [4.78, 5) is 3.75. The van der Waals surface area contributed by atoms with Crippen LogP contribution in [-0.4, -0.2) is 31.6 Å². The lowest BCUT2D eigenvalue weighted by atomic mass is 9.82. The number of aromatic nitrogens is 3. The van der Waals surface area contributed by atoms with Gasteiger partial charge in [0.25, 0.3) is 0 Å². The third-order valence-corrected chi connectivity index (χ3v) is 3.36. The minimum Gasteiger partial charge on any atom is -0.396 e. The Balaban J connectivity index is 2.45. The van der Waals surface area contributed by atoms with Gasteiger partial charge < -0.3 is 10.2 Å². The van der Waals surface area contributed by atoms with Gasteiger partial charge in [0.2, 0.25) is 0 Å². The van der Waals surface area contributed by atoms with Crippen molar-refractivity contribution < 1.29 is 19.0 Å². The van der Waals surface area contributed by atoms with Crippen LogP contribution in [0, 0.1) is 17.6 Å². The minimum absolute atomic E-state index is 0.0871. The molecule has 0 aliphatic carbocycles. The first kappa shape index (κ1) is 14.5. The van der Waals surface area contributed by atoms with Gasteiger partial charge in [-0.15, -0.1) is 0 Å². The van der Waals surface area contributed by atoms with Gasteiger partial charge in [0.15, 0.2) is 0 Å². The number of hydrogen-bond donors (Lipinski definition) is 2. The number of aliphatic hydroxyl groups excluding tert-OH is 1. The zero-order valence-corrected chi connectivity index (χ0v) is 10.9. The summed E-state index contributed by atoms with van der Waals surface area (Å²) >= 11 is 0. The summed E-state index contributed by atoms with van der Waals surface area (Å²) in [5.41, 5.74) is -1.81. The quantitative estimate of drug-likeness (QED) is 0.861. The molecule has 0 saturated carbocycles. The average Bonchev–Trinajstić information content (AvgIpc) is 2.90. The average molecular weight is 283 g/mol. The van der Waals surface area contributed by atoms with Gasteiger partial charge in [-0.1, -0.05) is 13.0 Å². The Hall–Kier alpha value is -1.86. The van der Waals surface area contributed by atoms with Gasteiger partial charge >= 0.3 is 0 Å². The first-order valence-electron chi connectivity index (χ1n) is 6.08. The maximum atomic E-state index is 13.9. The molecule has 2 rings (SSSR count). The van der Waals surface area contributed by atoms with Crippen LogP contribution in [-0.2, 0) is 12.1 Å². The lowest BCUT2D eigenvalue weighted by Crippen LogP contribution is -2.41. The smallest absolute Gasteiger partial charge is 0.137 e. The van der Waals surface area contributed by atoms with Crippen molar-refractivity contribution in [3.63, 3.8) is 0 Å². The number of halogens is 2. The first-order valence-corrected chi connectivity index (χ1v) is 6.08. The van der Waals surface area contributed by atoms with Crippen LogP contribution in [0.1, 0.15) is 12.5 Å². The van der Waals surface area contributed by atoms with Crippen molar-refractivity contribution >= 4 is 0 Å². The van der Waals surface area contributed by atoms with E-state index in [2.05, 4.69) is 10.1 Å². The first-order chi connectivity index (χ1) is 9.47. The van der Waals surface area contributed by atoms with Crippen LogP contribution in [0.4, 0.5) is 8.78 Å². The molecule has 0 amide bonds. The molecule has 0 bridgehead atoms. The van der Waals surface area contributed by atoms with Crippen molar-refractivity contribution in [2.45, 2.75) is 19.1 Å². The lowest BCUT2D eigenvalue weighted by Gasteiger charge is -2.33. The molecule has 2 unspecified atom stereocenters. The maximum Gasteiger partial charge on any atom is 0.137 e. The highest BCUT2D eigenvalue weighted by atomic mass is 19.1. The summed E-state index contributed by atoms with van der Waals surface area (Å²) in [6, 6.07) is 2.94. The van der Waals surface area contributed by atoms with E-state index in [0.29, 0.717) is 6.07 Å². The Morgan fingerprint density at radius 3 is 2.70 bits per heavy atom. The fourth-order valence-electron chi connectivity index (χ4n) is 2.06. The molecule has 0 saturated heterocycles. The van der Waals surface area contributed by atoms with Crippen LogP contribution >= 0.6 is 0 Å². The van der Waals surface area contributed by atoms with E-state index in [4.69, 9.17) is 0 Å². The SMILES string of the molecule is CC(CO)C(O)(Cn1cncn1)c1ccc(F)cc1F. The molecule has 2 aromatic rings. The van der Waals surface area contributed by atoms with Gasteiger partial charge in [-0.05, 0) is 6.07 Å². The van der Waals surface area contributed by atoms with Gasteiger partial charge in [-0.2, -0.15) is 5.10 Å². The molecular weight excluding hydrogens is 268 g/mol. The van der Waals surface area contributed by atoms with E-state index in [1.54, 1.807) is 6.92 Å². The van der Waals surface area contributed by atoms with Crippen LogP contribution in [0.15, 0.2) is 30.9 Å². The molecule has 1 aromatic heterocycles. The van der Waals surface area contributed by atoms with Crippen molar-refractivity contribution in [2.24, 2.45) is 5.92 Å². The second-order valence-corrected chi connectivity index (χ2v) is 4.73. The predicted molar refractivity (Wildman–Crippen MR) is 66.5 cm³/mol. The van der Waals surface area contributed by atoms with Crippen LogP contribution < -0.4 is 0 Å². The third kappa shape index (κ3) is 2.68. The molecule has 5 nitrogen and oxygen atoms in total. The molecule has 0 radical (unpaired) electrons. The highest BCUT2D eigenvalue weighted by Gasteiger charge is 2.38. The van der Waals surface area contributed by atoms with Crippen molar-refractivity contribution in [3.8, 4) is 0 Å². The number of nitrogens with zero attached hydrogens (tertiary/aromatic N) is 3. The van der Waals surface area contributed by atoms with Crippen molar-refractivity contribution in [3.05, 3.63) is 48.1 Å². The molecule has 1 aromatic carbocycles. The largest absolute Gasteiger partial charge is 0.396 e. The van der Waals surface area contributed by atoms with E-state index in [9.17, 15) is 19.0 Å². The Morgan fingerprint density at radius 1 is 1.40 bits per heavy atom. The summed E-state index contributed by atoms with van der Waals surface area (Å²) in [7, 11) is 0. The minimum atomic E-state index is -1.72. The molecule has 2 N–H and O–H groups in total. The molecule has 20 heavy (non-hydrogen) atoms. The Morgan fingerprint density at radius 2 is 2.15 bits per heavy atom. The highest BCUT2D eigenvalue weighted by molar-refractivity contribution is 5.26. The topological polar surface area (TPSA) is 71.2 Å². The van der Waals surface area contributed by atoms with E-state index in [1.165, 1.54) is 23.4 Å². The van der Waals surface area contributed by atoms with Crippen molar-refractivity contribution in [1.82, 2.24) is 14.8 Å². The van der Waals surface area contributed by atoms with E-state index < -0.39 is 23.2 Å². The monoisotopic (exact) mass is 283 g/mol. The summed E-state index contributed by atoms with van der Waals surface area (Å²) in [5, 5.41) is 23.9. The van der Waals surface area contributed by atoms with Crippen molar-refractivity contribution in [1.29, 1.82) is 0 Å². The predicted octanol–water partition coefficient (Wildman–Crippen LogP) is 1.07. The zero-order chi connectivity index (χ0) is 14.8. The molecule has 1 heterocycles. The number of aliphatic hydroxyl groups is 2. The standard InChI is InChI=1S/C13H15F2N3O2/c1-9(5-19)13(20,6-18-8-16-7-17-18)11-3-2-10(14)4-12(11)15/h2-4,7-9,19-20H,5-6H2,1H3. The maximum absolute atomic E-state index is 13.9. The van der Waals surface area contributed by atoms with E-state index >= 15 is 0 Å². The summed E-state index contributed by atoms with van der Waals surface area (Å²) < 4.78 is 28.3. The fraction of sp³-hybridized carbons (Fsp3) is 0.385. The van der Waals surface area contributed by atoms with E-state index in [-0.39, 0.29) is 18.7 Å². The van der Waals surface area contributed by atoms with Gasteiger partial charge in [-0.25, -0.2) is 18.4 Å². The van der Waals surface area contributed by atoms with E-state index in [0.717, 1.165) is 6.07 Å². The molecular formula is C13H15F2N3O2. The van der Waals surface area contributed by atoms with Gasteiger partial charge in [0.1, 0.15) is 29.9 Å². The molecule has 2 atom stereocenters. The summed E-state index contributed by atoms with van der Waals surface area (Å²) in [6.07, 6.45) is 2.65. The van der Waals surface area contributed by atoms with Crippen LogP contribution in [0.25, 0.3) is 0 Å². The number of hydrogen-bond acceptors (Lipinski definition) is 4. The van der Waals surface area contributed by atoms with Crippen LogP contribution in [0.5, 0.6) is 0 Å². The third-order valence-electron chi connectivity index (χ3n) is 3.36. The van der Waals surface area contributed by atoms with Gasteiger partial charge in [0, 0.05) is 24.2 Å². The highest BCUT2D eigenvalue weighted by Crippen LogP contribution is 2.33. The normalized spacial score (nSPS) is 15.8. The molecule has 0 spiro atoms. The Kier molecular flexibility index (Phi) is 4.10. The summed E-state index contributed by atoms with van der Waals surface area (Å²) in [6.45, 7) is 1.11. The molecule has 0 fully saturated rings. The Labute approximate surface area is 114 Å².